The van der Waals surface area contributed by atoms with Crippen LogP contribution >= 0.6 is 0 Å². The zero-order valence-corrected chi connectivity index (χ0v) is 8.63. The van der Waals surface area contributed by atoms with Gasteiger partial charge in [-0.15, -0.1) is 0 Å². The zero-order chi connectivity index (χ0) is 12.8. The van der Waals surface area contributed by atoms with Gasteiger partial charge < -0.3 is 15.2 Å². The van der Waals surface area contributed by atoms with Crippen molar-refractivity contribution in [1.82, 2.24) is 0 Å². The molecule has 2 rings (SSSR count). The Bertz CT molecular complexity index is 486. The van der Waals surface area contributed by atoms with Crippen molar-refractivity contribution in [3.63, 3.8) is 0 Å². The van der Waals surface area contributed by atoms with Crippen molar-refractivity contribution in [3.05, 3.63) is 23.8 Å². The van der Waals surface area contributed by atoms with Gasteiger partial charge in [0, 0.05) is 11.3 Å². The van der Waals surface area contributed by atoms with E-state index < -0.39 is 23.2 Å². The summed E-state index contributed by atoms with van der Waals surface area (Å²) in [7, 11) is 1.28. The molecule has 1 aliphatic heterocycles. The molecule has 7 heteroatoms. The molecule has 0 saturated heterocycles. The molecule has 1 aromatic rings. The Morgan fingerprint density at radius 3 is 2.59 bits per heavy atom. The molecule has 17 heavy (non-hydrogen) atoms. The maximum Gasteiger partial charge on any atom is 0.430 e. The lowest BCUT2D eigenvalue weighted by Crippen LogP contribution is -2.47. The van der Waals surface area contributed by atoms with Crippen LogP contribution in [0, 0.1) is 0 Å². The average Bonchev–Trinajstić information content (AvgIpc) is 2.51. The highest BCUT2D eigenvalue weighted by molar-refractivity contribution is 6.05. The van der Waals surface area contributed by atoms with Crippen LogP contribution in [-0.2, 0) is 10.4 Å². The number of benzene rings is 1. The minimum Gasteiger partial charge on any atom is -0.497 e. The van der Waals surface area contributed by atoms with Gasteiger partial charge in [-0.1, -0.05) is 0 Å². The van der Waals surface area contributed by atoms with Gasteiger partial charge in [-0.05, 0) is 18.2 Å². The predicted molar refractivity (Wildman–Crippen MR) is 51.6 cm³/mol. The Hall–Kier alpha value is -1.76. The van der Waals surface area contributed by atoms with E-state index in [0.29, 0.717) is 0 Å². The molecule has 2 N–H and O–H groups in total. The SMILES string of the molecule is COc1ccc2c(c1)C(O)(C(F)(F)F)C(=O)N2. The molecule has 0 radical (unpaired) electrons. The minimum absolute atomic E-state index is 0.0735. The third-order valence-electron chi connectivity index (χ3n) is 2.60. The topological polar surface area (TPSA) is 58.6 Å². The number of anilines is 1. The van der Waals surface area contributed by atoms with Gasteiger partial charge in [0.1, 0.15) is 5.75 Å². The molecule has 1 heterocycles. The second-order valence-corrected chi connectivity index (χ2v) is 3.57. The number of carbonyl (C=O) groups is 1. The van der Waals surface area contributed by atoms with Crippen molar-refractivity contribution in [1.29, 1.82) is 0 Å². The van der Waals surface area contributed by atoms with Crippen LogP contribution in [0.4, 0.5) is 18.9 Å². The summed E-state index contributed by atoms with van der Waals surface area (Å²) < 4.78 is 43.0. The molecule has 0 saturated carbocycles. The van der Waals surface area contributed by atoms with E-state index in [9.17, 15) is 23.1 Å². The third kappa shape index (κ3) is 1.46. The van der Waals surface area contributed by atoms with Crippen molar-refractivity contribution in [3.8, 4) is 5.75 Å². The Morgan fingerprint density at radius 2 is 2.06 bits per heavy atom. The molecule has 0 spiro atoms. The van der Waals surface area contributed by atoms with E-state index in [0.717, 1.165) is 6.07 Å². The van der Waals surface area contributed by atoms with Crippen LogP contribution in [0.5, 0.6) is 5.75 Å². The number of halogens is 3. The first-order valence-electron chi connectivity index (χ1n) is 4.60. The van der Waals surface area contributed by atoms with Gasteiger partial charge in [-0.2, -0.15) is 13.2 Å². The first kappa shape index (κ1) is 11.7. The summed E-state index contributed by atoms with van der Waals surface area (Å²) in [6.07, 6.45) is -5.09. The van der Waals surface area contributed by atoms with Crippen LogP contribution < -0.4 is 10.1 Å². The molecule has 4 nitrogen and oxygen atoms in total. The number of nitrogens with one attached hydrogen (secondary N) is 1. The third-order valence-corrected chi connectivity index (χ3v) is 2.60. The summed E-state index contributed by atoms with van der Waals surface area (Å²) in [5.41, 5.74) is -4.14. The summed E-state index contributed by atoms with van der Waals surface area (Å²) in [4.78, 5) is 11.3. The van der Waals surface area contributed by atoms with Gasteiger partial charge in [-0.3, -0.25) is 4.79 Å². The molecule has 92 valence electrons. The molecule has 0 aromatic heterocycles. The molecule has 1 unspecified atom stereocenters. The number of alkyl halides is 3. The van der Waals surface area contributed by atoms with Crippen molar-refractivity contribution >= 4 is 11.6 Å². The van der Waals surface area contributed by atoms with E-state index in [1.54, 1.807) is 0 Å². The molecule has 1 amide bonds. The molecule has 0 aliphatic carbocycles. The number of ether oxygens (including phenoxy) is 1. The lowest BCUT2D eigenvalue weighted by Gasteiger charge is -2.23. The second-order valence-electron chi connectivity index (χ2n) is 3.57. The summed E-state index contributed by atoms with van der Waals surface area (Å²) in [5.74, 6) is -1.38. The standard InChI is InChI=1S/C10H8F3NO3/c1-17-5-2-3-7-6(4-5)9(16,8(15)14-7)10(11,12)13/h2-4,16H,1H3,(H,14,15). The number of aliphatic hydroxyl groups is 1. The minimum atomic E-state index is -5.09. The average molecular weight is 247 g/mol. The monoisotopic (exact) mass is 247 g/mol. The first-order valence-corrected chi connectivity index (χ1v) is 4.60. The fourth-order valence-corrected chi connectivity index (χ4v) is 1.68. The van der Waals surface area contributed by atoms with Gasteiger partial charge in [0.2, 0.25) is 0 Å². The smallest absolute Gasteiger partial charge is 0.430 e. The largest absolute Gasteiger partial charge is 0.497 e. The fraction of sp³-hybridized carbons (Fsp3) is 0.300. The molecule has 1 aliphatic rings. The molecular weight excluding hydrogens is 239 g/mol. The highest BCUT2D eigenvalue weighted by Gasteiger charge is 2.64. The van der Waals surface area contributed by atoms with Crippen LogP contribution in [0.25, 0.3) is 0 Å². The van der Waals surface area contributed by atoms with Crippen LogP contribution in [0.3, 0.4) is 0 Å². The molecule has 1 atom stereocenters. The Labute approximate surface area is 94.0 Å². The van der Waals surface area contributed by atoms with Gasteiger partial charge in [-0.25, -0.2) is 0 Å². The van der Waals surface area contributed by atoms with Crippen LogP contribution in [0.15, 0.2) is 18.2 Å². The number of rotatable bonds is 1. The second kappa shape index (κ2) is 3.36. The summed E-state index contributed by atoms with van der Waals surface area (Å²) in [6.45, 7) is 0. The fourth-order valence-electron chi connectivity index (χ4n) is 1.68. The van der Waals surface area contributed by atoms with E-state index in [1.165, 1.54) is 19.2 Å². The Kier molecular flexibility index (Phi) is 2.32. The van der Waals surface area contributed by atoms with E-state index in [-0.39, 0.29) is 11.4 Å². The molecule has 1 aromatic carbocycles. The van der Waals surface area contributed by atoms with Crippen molar-refractivity contribution in [2.24, 2.45) is 0 Å². The van der Waals surface area contributed by atoms with Crippen LogP contribution in [0.1, 0.15) is 5.56 Å². The summed E-state index contributed by atoms with van der Waals surface area (Å²) in [5, 5.41) is 11.6. The van der Waals surface area contributed by atoms with Crippen molar-refractivity contribution in [2.45, 2.75) is 11.8 Å². The lowest BCUT2D eigenvalue weighted by atomic mass is 9.94. The van der Waals surface area contributed by atoms with Gasteiger partial charge in [0.15, 0.2) is 0 Å². The quantitative estimate of drug-likeness (QED) is 0.788. The normalized spacial score (nSPS) is 23.2. The Balaban J connectivity index is 2.64. The lowest BCUT2D eigenvalue weighted by molar-refractivity contribution is -0.252. The summed E-state index contributed by atoms with van der Waals surface area (Å²) in [6, 6.07) is 3.62. The number of hydrogen-bond acceptors (Lipinski definition) is 3. The van der Waals surface area contributed by atoms with Gasteiger partial charge in [0.25, 0.3) is 11.5 Å². The number of hydrogen-bond donors (Lipinski definition) is 2. The highest BCUT2D eigenvalue weighted by atomic mass is 19.4. The first-order chi connectivity index (χ1) is 7.80. The maximum atomic E-state index is 12.8. The maximum absolute atomic E-state index is 12.8. The Morgan fingerprint density at radius 1 is 1.41 bits per heavy atom. The molecule has 0 fully saturated rings. The zero-order valence-electron chi connectivity index (χ0n) is 8.63. The van der Waals surface area contributed by atoms with Gasteiger partial charge in [0.05, 0.1) is 7.11 Å². The number of fused-ring (bicyclic) bond motifs is 1. The van der Waals surface area contributed by atoms with E-state index >= 15 is 0 Å². The van der Waals surface area contributed by atoms with E-state index in [1.807, 2.05) is 5.32 Å². The highest BCUT2D eigenvalue weighted by Crippen LogP contribution is 2.47. The molecule has 0 bridgehead atoms. The molecular formula is C10H8F3NO3. The van der Waals surface area contributed by atoms with Crippen molar-refractivity contribution < 1.29 is 27.8 Å². The number of amides is 1. The number of methoxy groups -OCH3 is 1. The summed E-state index contributed by atoms with van der Waals surface area (Å²) >= 11 is 0. The van der Waals surface area contributed by atoms with Crippen molar-refractivity contribution in [2.75, 3.05) is 12.4 Å². The van der Waals surface area contributed by atoms with E-state index in [2.05, 4.69) is 0 Å². The van der Waals surface area contributed by atoms with Crippen LogP contribution in [0.2, 0.25) is 0 Å². The predicted octanol–water partition coefficient (Wildman–Crippen LogP) is 1.40. The number of carbonyl (C=O) groups excluding carboxylic acids is 1. The van der Waals surface area contributed by atoms with Gasteiger partial charge >= 0.3 is 6.18 Å². The van der Waals surface area contributed by atoms with E-state index in [4.69, 9.17) is 4.74 Å². The van der Waals surface area contributed by atoms with Crippen LogP contribution in [-0.4, -0.2) is 24.3 Å².